The maximum atomic E-state index is 14.7. The number of rotatable bonds is 6. The van der Waals surface area contributed by atoms with E-state index in [-0.39, 0.29) is 17.8 Å². The molecule has 41 heavy (non-hydrogen) atoms. The zero-order valence-corrected chi connectivity index (χ0v) is 21.2. The number of halogens is 1. The molecule has 3 heterocycles. The fraction of sp³-hybridized carbons (Fsp3) is 0.400. The number of aliphatic hydroxyl groups is 7. The van der Waals surface area contributed by atoms with Gasteiger partial charge in [0.1, 0.15) is 5.82 Å². The fourth-order valence-corrected chi connectivity index (χ4v) is 5.15. The van der Waals surface area contributed by atoms with Gasteiger partial charge in [-0.25, -0.2) is 9.29 Å². The second kappa shape index (κ2) is 9.76. The summed E-state index contributed by atoms with van der Waals surface area (Å²) in [7, 11) is 0. The van der Waals surface area contributed by atoms with Crippen LogP contribution in [0.15, 0.2) is 36.4 Å². The number of imide groups is 1. The molecule has 2 aromatic rings. The number of piperidine rings is 1. The molecule has 0 aliphatic carbocycles. The molecule has 9 N–H and O–H groups in total. The fourth-order valence-electron chi connectivity index (χ4n) is 5.15. The van der Waals surface area contributed by atoms with E-state index in [9.17, 15) is 54.5 Å². The molecule has 15 nitrogen and oxygen atoms in total. The van der Waals surface area contributed by atoms with E-state index in [0.29, 0.717) is 32.8 Å². The summed E-state index contributed by atoms with van der Waals surface area (Å²) in [6.45, 7) is 2.86. The number of carbonyl (C=O) groups is 3. The van der Waals surface area contributed by atoms with Crippen LogP contribution in [0.1, 0.15) is 27.0 Å². The number of anilines is 1. The normalized spacial score (nSPS) is 25.2. The molecule has 220 valence electrons. The monoisotopic (exact) mass is 578 g/mol. The Kier molecular flexibility index (Phi) is 6.89. The minimum Gasteiger partial charge on any atom is -0.380 e. The van der Waals surface area contributed by atoms with Crippen molar-refractivity contribution >= 4 is 23.4 Å². The highest BCUT2D eigenvalue weighted by Gasteiger charge is 2.79. The SMILES string of the molecule is O=C1c2cccc(NCc3cc(CN4CCOCC4)ccc3F)c2C(O)(O)N1C1(O)C(=O)NC(=O)C(O)(O)C1(O)O. The molecule has 1 atom stereocenters. The average Bonchev–Trinajstić information content (AvgIpc) is 3.13. The maximum Gasteiger partial charge on any atom is 0.306 e. The second-order valence-electron chi connectivity index (χ2n) is 9.97. The van der Waals surface area contributed by atoms with Crippen LogP contribution >= 0.6 is 0 Å². The summed E-state index contributed by atoms with van der Waals surface area (Å²) in [6, 6.07) is 8.07. The molecule has 3 amide bonds. The van der Waals surface area contributed by atoms with Crippen LogP contribution in [0.2, 0.25) is 0 Å². The molecule has 3 aliphatic heterocycles. The second-order valence-corrected chi connectivity index (χ2v) is 9.97. The molecule has 5 rings (SSSR count). The summed E-state index contributed by atoms with van der Waals surface area (Å²) < 4.78 is 20.0. The molecule has 3 aliphatic rings. The van der Waals surface area contributed by atoms with E-state index in [0.717, 1.165) is 11.6 Å². The van der Waals surface area contributed by atoms with Gasteiger partial charge in [0.25, 0.3) is 35.1 Å². The molecular weight excluding hydrogens is 551 g/mol. The van der Waals surface area contributed by atoms with Gasteiger partial charge in [0, 0.05) is 37.4 Å². The van der Waals surface area contributed by atoms with Crippen LogP contribution in [0, 0.1) is 5.82 Å². The number of amides is 3. The molecule has 0 bridgehead atoms. The van der Waals surface area contributed by atoms with Crippen molar-refractivity contribution in [1.82, 2.24) is 15.1 Å². The lowest BCUT2D eigenvalue weighted by molar-refractivity contribution is -0.433. The van der Waals surface area contributed by atoms with Crippen molar-refractivity contribution in [2.24, 2.45) is 0 Å². The maximum absolute atomic E-state index is 14.7. The van der Waals surface area contributed by atoms with E-state index in [1.165, 1.54) is 23.5 Å². The lowest BCUT2D eigenvalue weighted by Gasteiger charge is -2.51. The van der Waals surface area contributed by atoms with Gasteiger partial charge in [-0.2, -0.15) is 0 Å². The van der Waals surface area contributed by atoms with Gasteiger partial charge in [0.2, 0.25) is 0 Å². The Labute approximate surface area is 230 Å². The highest BCUT2D eigenvalue weighted by atomic mass is 19.1. The summed E-state index contributed by atoms with van der Waals surface area (Å²) in [4.78, 5) is 39.3. The first-order valence-corrected chi connectivity index (χ1v) is 12.4. The summed E-state index contributed by atoms with van der Waals surface area (Å²) in [5.41, 5.74) is -4.70. The highest BCUT2D eigenvalue weighted by molar-refractivity contribution is 6.10. The third-order valence-corrected chi connectivity index (χ3v) is 7.39. The van der Waals surface area contributed by atoms with Gasteiger partial charge in [0.15, 0.2) is 0 Å². The van der Waals surface area contributed by atoms with Gasteiger partial charge in [-0.05, 0) is 29.8 Å². The van der Waals surface area contributed by atoms with Gasteiger partial charge < -0.3 is 45.8 Å². The zero-order valence-electron chi connectivity index (χ0n) is 21.2. The van der Waals surface area contributed by atoms with Crippen molar-refractivity contribution in [1.29, 1.82) is 0 Å². The third-order valence-electron chi connectivity index (χ3n) is 7.39. The van der Waals surface area contributed by atoms with Gasteiger partial charge in [-0.15, -0.1) is 0 Å². The topological polar surface area (TPSA) is 233 Å². The first kappa shape index (κ1) is 28.9. The van der Waals surface area contributed by atoms with Gasteiger partial charge in [-0.3, -0.25) is 24.6 Å². The zero-order chi connectivity index (χ0) is 30.0. The summed E-state index contributed by atoms with van der Waals surface area (Å²) in [5, 5.41) is 77.8. The summed E-state index contributed by atoms with van der Waals surface area (Å²) in [6.07, 6.45) is 0. The molecule has 0 spiro atoms. The number of benzene rings is 2. The van der Waals surface area contributed by atoms with Gasteiger partial charge >= 0.3 is 5.79 Å². The Morgan fingerprint density at radius 1 is 0.951 bits per heavy atom. The van der Waals surface area contributed by atoms with E-state index < -0.39 is 62.8 Å². The number of nitrogens with zero attached hydrogens (tertiary/aromatic N) is 2. The molecular formula is C25H27FN4O11. The first-order valence-electron chi connectivity index (χ1n) is 12.4. The lowest BCUT2D eigenvalue weighted by atomic mass is 9.86. The predicted octanol–water partition coefficient (Wildman–Crippen LogP) is -3.47. The largest absolute Gasteiger partial charge is 0.380 e. The van der Waals surface area contributed by atoms with E-state index >= 15 is 0 Å². The van der Waals surface area contributed by atoms with Crippen molar-refractivity contribution in [3.8, 4) is 0 Å². The Hall–Kier alpha value is -3.58. The Morgan fingerprint density at radius 3 is 2.32 bits per heavy atom. The summed E-state index contributed by atoms with van der Waals surface area (Å²) in [5.74, 6) is -18.8. The van der Waals surface area contributed by atoms with Crippen LogP contribution in [-0.4, -0.2) is 107 Å². The molecule has 2 saturated heterocycles. The number of morpholine rings is 1. The Morgan fingerprint density at radius 2 is 1.63 bits per heavy atom. The Balaban J connectivity index is 1.46. The van der Waals surface area contributed by atoms with Crippen molar-refractivity contribution in [2.45, 2.75) is 36.3 Å². The van der Waals surface area contributed by atoms with Crippen LogP contribution in [-0.2, 0) is 33.3 Å². The average molecular weight is 579 g/mol. The smallest absolute Gasteiger partial charge is 0.306 e. The van der Waals surface area contributed by atoms with E-state index in [1.807, 2.05) is 0 Å². The molecule has 16 heteroatoms. The molecule has 0 radical (unpaired) electrons. The number of carbonyl (C=O) groups excluding carboxylic acids is 3. The van der Waals surface area contributed by atoms with Crippen LogP contribution in [0.3, 0.4) is 0 Å². The van der Waals surface area contributed by atoms with Gasteiger partial charge in [-0.1, -0.05) is 12.1 Å². The van der Waals surface area contributed by atoms with Crippen molar-refractivity contribution in [3.63, 3.8) is 0 Å². The number of hydrogen-bond donors (Lipinski definition) is 9. The minimum absolute atomic E-state index is 0.176. The van der Waals surface area contributed by atoms with Crippen molar-refractivity contribution < 1.29 is 59.3 Å². The first-order chi connectivity index (χ1) is 19.1. The number of ether oxygens (including phenoxy) is 1. The van der Waals surface area contributed by atoms with Crippen LogP contribution < -0.4 is 10.6 Å². The minimum atomic E-state index is -4.55. The quantitative estimate of drug-likeness (QED) is 0.120. The van der Waals surface area contributed by atoms with Crippen molar-refractivity contribution in [2.75, 3.05) is 31.6 Å². The molecule has 0 aromatic heterocycles. The number of hydrogen-bond acceptors (Lipinski definition) is 13. The molecule has 2 fully saturated rings. The van der Waals surface area contributed by atoms with Crippen LogP contribution in [0.5, 0.6) is 0 Å². The van der Waals surface area contributed by atoms with E-state index in [4.69, 9.17) is 4.74 Å². The molecule has 2 aromatic carbocycles. The standard InChI is InChI=1S/C25H27FN4O11/c26-16-5-4-13(12-29-6-8-41-9-7-29)10-14(16)11-27-17-3-1-2-15-18(17)24(37,38)30(19(15)31)22(34)20(32)28-21(33)23(35,36)25(22,39)40/h1-5,10,27,34-40H,6-9,11-12H2,(H,28,32,33). The van der Waals surface area contributed by atoms with Gasteiger partial charge in [0.05, 0.1) is 24.3 Å². The number of fused-ring (bicyclic) bond motifs is 1. The van der Waals surface area contributed by atoms with E-state index in [1.54, 1.807) is 12.1 Å². The van der Waals surface area contributed by atoms with Crippen LogP contribution in [0.25, 0.3) is 0 Å². The molecule has 1 unspecified atom stereocenters. The van der Waals surface area contributed by atoms with Crippen molar-refractivity contribution in [3.05, 3.63) is 64.5 Å². The van der Waals surface area contributed by atoms with Crippen LogP contribution in [0.4, 0.5) is 10.1 Å². The lowest BCUT2D eigenvalue weighted by Crippen LogP contribution is -2.87. The number of nitrogens with one attached hydrogen (secondary N) is 2. The predicted molar refractivity (Wildman–Crippen MR) is 131 cm³/mol. The van der Waals surface area contributed by atoms with E-state index in [2.05, 4.69) is 10.2 Å². The Bertz CT molecular complexity index is 1430. The third kappa shape index (κ3) is 4.28. The molecule has 0 saturated carbocycles. The highest BCUT2D eigenvalue weighted by Crippen LogP contribution is 2.48. The summed E-state index contributed by atoms with van der Waals surface area (Å²) >= 11 is 0.